The standard InChI is InChI=1S/C19H30N4O2S/c1-4-5-8-20-19(26)22-21-15(2)16-6-7-18(24-3)17(13-16)14-23-9-11-25-12-10-23/h6-7,13H,4-5,8-12,14H2,1-3H3,(H2,20,22,26)/p+1/b21-15-. The Balaban J connectivity index is 2.02. The van der Waals surface area contributed by atoms with Gasteiger partial charge in [0, 0.05) is 12.1 Å². The van der Waals surface area contributed by atoms with Crippen LogP contribution in [0.1, 0.15) is 37.8 Å². The van der Waals surface area contributed by atoms with Gasteiger partial charge in [-0.3, -0.25) is 5.43 Å². The second-order valence-corrected chi connectivity index (χ2v) is 6.89. The van der Waals surface area contributed by atoms with Gasteiger partial charge >= 0.3 is 0 Å². The van der Waals surface area contributed by atoms with Gasteiger partial charge < -0.3 is 19.7 Å². The molecule has 0 aliphatic carbocycles. The number of morpholine rings is 1. The van der Waals surface area contributed by atoms with Gasteiger partial charge in [0.25, 0.3) is 0 Å². The summed E-state index contributed by atoms with van der Waals surface area (Å²) in [6, 6.07) is 6.21. The quantitative estimate of drug-likeness (QED) is 0.273. The molecule has 0 bridgehead atoms. The van der Waals surface area contributed by atoms with E-state index in [9.17, 15) is 0 Å². The minimum Gasteiger partial charge on any atom is -0.496 e. The molecular formula is C19H31N4O2S+. The van der Waals surface area contributed by atoms with Crippen LogP contribution < -0.4 is 20.4 Å². The van der Waals surface area contributed by atoms with Gasteiger partial charge in [-0.15, -0.1) is 0 Å². The van der Waals surface area contributed by atoms with Crippen LogP contribution in [0.25, 0.3) is 0 Å². The zero-order chi connectivity index (χ0) is 18.8. The summed E-state index contributed by atoms with van der Waals surface area (Å²) >= 11 is 5.24. The van der Waals surface area contributed by atoms with Gasteiger partial charge in [-0.05, 0) is 49.3 Å². The predicted molar refractivity (Wildman–Crippen MR) is 109 cm³/mol. The Morgan fingerprint density at radius 2 is 2.12 bits per heavy atom. The summed E-state index contributed by atoms with van der Waals surface area (Å²) in [5, 5.41) is 8.12. The third kappa shape index (κ3) is 6.55. The number of unbranched alkanes of at least 4 members (excludes halogenated alkanes) is 1. The minimum atomic E-state index is 0.560. The molecule has 1 fully saturated rings. The molecule has 6 nitrogen and oxygen atoms in total. The van der Waals surface area contributed by atoms with E-state index in [0.29, 0.717) is 5.11 Å². The Bertz CT molecular complexity index is 616. The molecule has 0 atom stereocenters. The summed E-state index contributed by atoms with van der Waals surface area (Å²) in [6.07, 6.45) is 2.23. The molecular weight excluding hydrogens is 348 g/mol. The molecule has 1 aliphatic heterocycles. The summed E-state index contributed by atoms with van der Waals surface area (Å²) in [4.78, 5) is 1.51. The van der Waals surface area contributed by atoms with Gasteiger partial charge in [-0.2, -0.15) is 5.10 Å². The van der Waals surface area contributed by atoms with Gasteiger partial charge in [0.2, 0.25) is 0 Å². The number of hydrazone groups is 1. The number of nitrogens with one attached hydrogen (secondary N) is 3. The van der Waals surface area contributed by atoms with Gasteiger partial charge in [0.05, 0.1) is 26.0 Å². The molecule has 144 valence electrons. The largest absolute Gasteiger partial charge is 0.496 e. The number of benzene rings is 1. The maximum absolute atomic E-state index is 5.54. The van der Waals surface area contributed by atoms with Gasteiger partial charge in [0.15, 0.2) is 5.11 Å². The summed E-state index contributed by atoms with van der Waals surface area (Å²) in [6.45, 7) is 9.63. The van der Waals surface area contributed by atoms with Crippen molar-refractivity contribution in [3.8, 4) is 5.75 Å². The summed E-state index contributed by atoms with van der Waals surface area (Å²) in [5.41, 5.74) is 6.08. The molecule has 1 heterocycles. The summed E-state index contributed by atoms with van der Waals surface area (Å²) < 4.78 is 11.0. The molecule has 0 saturated carbocycles. The van der Waals surface area contributed by atoms with Gasteiger partial charge in [-0.25, -0.2) is 0 Å². The third-order valence-corrected chi connectivity index (χ3v) is 4.72. The molecule has 2 rings (SSSR count). The first kappa shape index (κ1) is 20.6. The average molecular weight is 380 g/mol. The molecule has 0 aromatic heterocycles. The molecule has 1 saturated heterocycles. The molecule has 1 aromatic rings. The predicted octanol–water partition coefficient (Wildman–Crippen LogP) is 1.10. The molecule has 26 heavy (non-hydrogen) atoms. The second-order valence-electron chi connectivity index (χ2n) is 6.48. The van der Waals surface area contributed by atoms with Crippen LogP contribution >= 0.6 is 12.2 Å². The zero-order valence-corrected chi connectivity index (χ0v) is 16.9. The molecule has 3 N–H and O–H groups in total. The van der Waals surface area contributed by atoms with Crippen molar-refractivity contribution in [2.24, 2.45) is 5.10 Å². The lowest BCUT2D eigenvalue weighted by molar-refractivity contribution is -0.921. The second kappa shape index (κ2) is 11.1. The number of thiocarbonyl (C=S) groups is 1. The van der Waals surface area contributed by atoms with Crippen molar-refractivity contribution in [2.75, 3.05) is 40.0 Å². The van der Waals surface area contributed by atoms with E-state index in [4.69, 9.17) is 21.7 Å². The Morgan fingerprint density at radius 3 is 2.81 bits per heavy atom. The zero-order valence-electron chi connectivity index (χ0n) is 16.1. The minimum absolute atomic E-state index is 0.560. The van der Waals surface area contributed by atoms with E-state index in [0.717, 1.165) is 69.3 Å². The van der Waals surface area contributed by atoms with Crippen molar-refractivity contribution in [1.29, 1.82) is 0 Å². The average Bonchev–Trinajstić information content (AvgIpc) is 2.67. The van der Waals surface area contributed by atoms with E-state index in [1.165, 1.54) is 10.5 Å². The van der Waals surface area contributed by atoms with E-state index in [-0.39, 0.29) is 0 Å². The van der Waals surface area contributed by atoms with Crippen molar-refractivity contribution in [1.82, 2.24) is 10.7 Å². The molecule has 0 spiro atoms. The number of hydrogen-bond donors (Lipinski definition) is 3. The Labute approximate surface area is 161 Å². The van der Waals surface area contributed by atoms with Crippen LogP contribution in [0.5, 0.6) is 5.75 Å². The van der Waals surface area contributed by atoms with Crippen LogP contribution in [0.2, 0.25) is 0 Å². The van der Waals surface area contributed by atoms with Crippen LogP contribution in [0.15, 0.2) is 23.3 Å². The highest BCUT2D eigenvalue weighted by Crippen LogP contribution is 2.19. The van der Waals surface area contributed by atoms with E-state index in [1.807, 2.05) is 19.1 Å². The molecule has 1 aromatic carbocycles. The van der Waals surface area contributed by atoms with E-state index in [2.05, 4.69) is 28.8 Å². The maximum Gasteiger partial charge on any atom is 0.186 e. The van der Waals surface area contributed by atoms with E-state index < -0.39 is 0 Å². The Kier molecular flexibility index (Phi) is 8.80. The monoisotopic (exact) mass is 379 g/mol. The lowest BCUT2D eigenvalue weighted by atomic mass is 10.1. The summed E-state index contributed by atoms with van der Waals surface area (Å²) in [7, 11) is 1.72. The van der Waals surface area contributed by atoms with Gasteiger partial charge in [-0.1, -0.05) is 13.3 Å². The molecule has 7 heteroatoms. The SMILES string of the molecule is CCCCNC(=S)N/N=C(/C)c1ccc(OC)c(C[NH+]2CCOCC2)c1. The Morgan fingerprint density at radius 1 is 1.35 bits per heavy atom. The normalized spacial score (nSPS) is 15.6. The third-order valence-electron chi connectivity index (χ3n) is 4.48. The van der Waals surface area contributed by atoms with Crippen molar-refractivity contribution in [3.05, 3.63) is 29.3 Å². The first-order chi connectivity index (χ1) is 12.6. The first-order valence-corrected chi connectivity index (χ1v) is 9.71. The van der Waals surface area contributed by atoms with Crippen LogP contribution in [0.4, 0.5) is 0 Å². The van der Waals surface area contributed by atoms with Crippen molar-refractivity contribution < 1.29 is 14.4 Å². The van der Waals surface area contributed by atoms with Crippen molar-refractivity contribution >= 4 is 23.0 Å². The first-order valence-electron chi connectivity index (χ1n) is 9.30. The fourth-order valence-corrected chi connectivity index (χ4v) is 3.01. The highest BCUT2D eigenvalue weighted by atomic mass is 32.1. The van der Waals surface area contributed by atoms with E-state index in [1.54, 1.807) is 7.11 Å². The number of methoxy groups -OCH3 is 1. The van der Waals surface area contributed by atoms with E-state index >= 15 is 0 Å². The number of rotatable bonds is 8. The number of nitrogens with zero attached hydrogens (tertiary/aromatic N) is 1. The fourth-order valence-electron chi connectivity index (χ4n) is 2.87. The fraction of sp³-hybridized carbons (Fsp3) is 0.579. The molecule has 0 radical (unpaired) electrons. The summed E-state index contributed by atoms with van der Waals surface area (Å²) in [5.74, 6) is 0.922. The Hall–Kier alpha value is -1.70. The lowest BCUT2D eigenvalue weighted by Gasteiger charge is -2.24. The highest BCUT2D eigenvalue weighted by molar-refractivity contribution is 7.80. The number of hydrogen-bond acceptors (Lipinski definition) is 4. The van der Waals surface area contributed by atoms with Crippen LogP contribution in [0, 0.1) is 0 Å². The van der Waals surface area contributed by atoms with Crippen LogP contribution in [0.3, 0.4) is 0 Å². The van der Waals surface area contributed by atoms with Crippen molar-refractivity contribution in [2.45, 2.75) is 33.2 Å². The number of ether oxygens (including phenoxy) is 2. The highest BCUT2D eigenvalue weighted by Gasteiger charge is 2.17. The van der Waals surface area contributed by atoms with Crippen molar-refractivity contribution in [3.63, 3.8) is 0 Å². The molecule has 1 aliphatic rings. The van der Waals surface area contributed by atoms with Crippen LogP contribution in [-0.2, 0) is 11.3 Å². The smallest absolute Gasteiger partial charge is 0.186 e. The maximum atomic E-state index is 5.54. The number of quaternary nitrogens is 1. The lowest BCUT2D eigenvalue weighted by Crippen LogP contribution is -3.12. The van der Waals surface area contributed by atoms with Gasteiger partial charge in [0.1, 0.15) is 25.4 Å². The van der Waals surface area contributed by atoms with Crippen LogP contribution in [-0.4, -0.2) is 50.8 Å². The topological polar surface area (TPSA) is 59.3 Å². The molecule has 0 unspecified atom stereocenters. The molecule has 0 amide bonds.